The molecule has 2 aliphatic rings. The molecule has 0 spiro atoms. The highest BCUT2D eigenvalue weighted by Gasteiger charge is 2.32. The highest BCUT2D eigenvalue weighted by atomic mass is 16.5. The van der Waals surface area contributed by atoms with Gasteiger partial charge in [0.15, 0.2) is 0 Å². The van der Waals surface area contributed by atoms with Crippen molar-refractivity contribution in [3.8, 4) is 5.75 Å². The molecular formula is C31H51N3O5. The van der Waals surface area contributed by atoms with Crippen molar-refractivity contribution >= 4 is 17.5 Å². The first-order valence-corrected chi connectivity index (χ1v) is 14.9. The quantitative estimate of drug-likeness (QED) is 0.563. The zero-order valence-corrected chi connectivity index (χ0v) is 25.0. The second kappa shape index (κ2) is 14.9. The number of hydrogen-bond donors (Lipinski definition) is 1. The van der Waals surface area contributed by atoms with Crippen molar-refractivity contribution in [3.05, 3.63) is 23.8 Å². The fraction of sp³-hybridized carbons (Fsp3) is 0.742. The minimum Gasteiger partial charge on any atom is -0.490 e. The van der Waals surface area contributed by atoms with Gasteiger partial charge in [-0.3, -0.25) is 9.59 Å². The minimum atomic E-state index is -0.386. The highest BCUT2D eigenvalue weighted by molar-refractivity contribution is 5.98. The van der Waals surface area contributed by atoms with Crippen LogP contribution in [0, 0.1) is 11.8 Å². The average molecular weight is 546 g/mol. The third-order valence-corrected chi connectivity index (χ3v) is 8.34. The van der Waals surface area contributed by atoms with Gasteiger partial charge in [-0.1, -0.05) is 26.2 Å². The third kappa shape index (κ3) is 8.58. The minimum absolute atomic E-state index is 0.0483. The SMILES string of the molecule is C[C@H]1CCCCO[C@H](CN(C)C(=O)C2CCCCC2)[C@@H](C)CN([C@@H](C)CO)C(=O)c2cc(N(C)C)ccc2O1. The normalized spacial score (nSPS) is 24.7. The molecule has 0 saturated heterocycles. The first-order chi connectivity index (χ1) is 18.6. The van der Waals surface area contributed by atoms with Gasteiger partial charge < -0.3 is 29.3 Å². The van der Waals surface area contributed by atoms with Gasteiger partial charge in [-0.05, 0) is 64.2 Å². The van der Waals surface area contributed by atoms with Gasteiger partial charge in [-0.15, -0.1) is 0 Å². The Hall–Kier alpha value is -2.32. The third-order valence-electron chi connectivity index (χ3n) is 8.34. The van der Waals surface area contributed by atoms with E-state index >= 15 is 0 Å². The van der Waals surface area contributed by atoms with Crippen LogP contribution in [0.3, 0.4) is 0 Å². The fourth-order valence-electron chi connectivity index (χ4n) is 5.67. The summed E-state index contributed by atoms with van der Waals surface area (Å²) in [5.74, 6) is 0.666. The van der Waals surface area contributed by atoms with Gasteiger partial charge in [-0.2, -0.15) is 0 Å². The molecule has 8 heteroatoms. The molecular weight excluding hydrogens is 494 g/mol. The zero-order valence-electron chi connectivity index (χ0n) is 25.0. The number of benzene rings is 1. The van der Waals surface area contributed by atoms with E-state index in [-0.39, 0.29) is 48.5 Å². The summed E-state index contributed by atoms with van der Waals surface area (Å²) in [6.45, 7) is 7.32. The Labute approximate surface area is 235 Å². The van der Waals surface area contributed by atoms with Crippen molar-refractivity contribution in [3.63, 3.8) is 0 Å². The summed E-state index contributed by atoms with van der Waals surface area (Å²) < 4.78 is 12.7. The van der Waals surface area contributed by atoms with Crippen LogP contribution in [0.25, 0.3) is 0 Å². The maximum Gasteiger partial charge on any atom is 0.258 e. The number of ether oxygens (including phenoxy) is 2. The molecule has 2 amide bonds. The Balaban J connectivity index is 1.89. The summed E-state index contributed by atoms with van der Waals surface area (Å²) >= 11 is 0. The van der Waals surface area contributed by atoms with E-state index in [1.807, 2.05) is 63.0 Å². The number of anilines is 1. The topological polar surface area (TPSA) is 82.6 Å². The molecule has 1 heterocycles. The van der Waals surface area contributed by atoms with Gasteiger partial charge in [-0.25, -0.2) is 0 Å². The lowest BCUT2D eigenvalue weighted by molar-refractivity contribution is -0.137. The first kappa shape index (κ1) is 31.2. The second-order valence-corrected chi connectivity index (χ2v) is 11.9. The summed E-state index contributed by atoms with van der Waals surface area (Å²) in [6.07, 6.45) is 7.83. The molecule has 3 rings (SSSR count). The molecule has 0 aromatic heterocycles. The highest BCUT2D eigenvalue weighted by Crippen LogP contribution is 2.30. The van der Waals surface area contributed by atoms with Crippen LogP contribution in [-0.2, 0) is 9.53 Å². The van der Waals surface area contributed by atoms with Crippen LogP contribution in [0.5, 0.6) is 5.75 Å². The second-order valence-electron chi connectivity index (χ2n) is 11.9. The van der Waals surface area contributed by atoms with Gasteiger partial charge in [0.25, 0.3) is 5.91 Å². The van der Waals surface area contributed by atoms with E-state index < -0.39 is 0 Å². The summed E-state index contributed by atoms with van der Waals surface area (Å²) in [5, 5.41) is 10.1. The van der Waals surface area contributed by atoms with E-state index in [1.165, 1.54) is 6.42 Å². The molecule has 1 aromatic rings. The van der Waals surface area contributed by atoms with Crippen LogP contribution in [0.15, 0.2) is 18.2 Å². The molecule has 1 fully saturated rings. The van der Waals surface area contributed by atoms with Gasteiger partial charge in [0, 0.05) is 58.4 Å². The molecule has 1 N–H and O–H groups in total. The van der Waals surface area contributed by atoms with Crippen molar-refractivity contribution < 1.29 is 24.2 Å². The number of likely N-dealkylation sites (N-methyl/N-ethyl adjacent to an activating group) is 1. The molecule has 1 aromatic carbocycles. The van der Waals surface area contributed by atoms with Crippen LogP contribution < -0.4 is 9.64 Å². The molecule has 0 radical (unpaired) electrons. The van der Waals surface area contributed by atoms with Crippen LogP contribution >= 0.6 is 0 Å². The van der Waals surface area contributed by atoms with E-state index in [4.69, 9.17) is 9.47 Å². The van der Waals surface area contributed by atoms with Crippen molar-refractivity contribution in [2.75, 3.05) is 52.3 Å². The molecule has 1 saturated carbocycles. The van der Waals surface area contributed by atoms with Gasteiger partial charge >= 0.3 is 0 Å². The van der Waals surface area contributed by atoms with Gasteiger partial charge in [0.1, 0.15) is 5.75 Å². The number of aliphatic hydroxyl groups excluding tert-OH is 1. The van der Waals surface area contributed by atoms with Crippen molar-refractivity contribution in [1.29, 1.82) is 0 Å². The van der Waals surface area contributed by atoms with Crippen molar-refractivity contribution in [2.24, 2.45) is 11.8 Å². The summed E-state index contributed by atoms with van der Waals surface area (Å²) in [7, 11) is 5.78. The molecule has 4 atom stereocenters. The number of carbonyl (C=O) groups is 2. The predicted molar refractivity (Wildman–Crippen MR) is 155 cm³/mol. The van der Waals surface area contributed by atoms with Crippen molar-refractivity contribution in [2.45, 2.75) is 90.4 Å². The van der Waals surface area contributed by atoms with Crippen LogP contribution in [-0.4, -0.2) is 92.4 Å². The van der Waals surface area contributed by atoms with Gasteiger partial charge in [0.2, 0.25) is 5.91 Å². The Bertz CT molecular complexity index is 933. The molecule has 8 nitrogen and oxygen atoms in total. The zero-order chi connectivity index (χ0) is 28.5. The lowest BCUT2D eigenvalue weighted by Crippen LogP contribution is -2.48. The van der Waals surface area contributed by atoms with Crippen LogP contribution in [0.4, 0.5) is 5.69 Å². The number of carbonyl (C=O) groups excluding carboxylic acids is 2. The number of nitrogens with zero attached hydrogens (tertiary/aromatic N) is 3. The maximum absolute atomic E-state index is 14.1. The number of hydrogen-bond acceptors (Lipinski definition) is 6. The Morgan fingerprint density at radius 3 is 2.44 bits per heavy atom. The summed E-state index contributed by atoms with van der Waals surface area (Å²) in [5.41, 5.74) is 1.41. The molecule has 220 valence electrons. The van der Waals surface area contributed by atoms with Gasteiger partial charge in [0.05, 0.1) is 30.4 Å². The van der Waals surface area contributed by atoms with Crippen LogP contribution in [0.2, 0.25) is 0 Å². The van der Waals surface area contributed by atoms with Crippen molar-refractivity contribution in [1.82, 2.24) is 9.80 Å². The van der Waals surface area contributed by atoms with E-state index in [0.29, 0.717) is 31.0 Å². The smallest absolute Gasteiger partial charge is 0.258 e. The van der Waals surface area contributed by atoms with E-state index in [9.17, 15) is 14.7 Å². The fourth-order valence-corrected chi connectivity index (χ4v) is 5.67. The van der Waals surface area contributed by atoms with E-state index in [2.05, 4.69) is 6.92 Å². The molecule has 39 heavy (non-hydrogen) atoms. The Morgan fingerprint density at radius 2 is 1.77 bits per heavy atom. The lowest BCUT2D eigenvalue weighted by Gasteiger charge is -2.36. The summed E-state index contributed by atoms with van der Waals surface area (Å²) in [4.78, 5) is 32.9. The van der Waals surface area contributed by atoms with E-state index in [1.54, 1.807) is 4.90 Å². The average Bonchev–Trinajstić information content (AvgIpc) is 2.93. The molecule has 1 aliphatic heterocycles. The monoisotopic (exact) mass is 545 g/mol. The predicted octanol–water partition coefficient (Wildman–Crippen LogP) is 4.59. The molecule has 1 aliphatic carbocycles. The van der Waals surface area contributed by atoms with E-state index in [0.717, 1.165) is 50.6 Å². The molecule has 0 unspecified atom stereocenters. The lowest BCUT2D eigenvalue weighted by atomic mass is 9.88. The largest absolute Gasteiger partial charge is 0.490 e. The molecule has 0 bridgehead atoms. The maximum atomic E-state index is 14.1. The number of rotatable bonds is 6. The Morgan fingerprint density at radius 1 is 1.08 bits per heavy atom. The standard InChI is InChI=1S/C31H51N3O5/c1-22-19-34(23(2)21-35)31(37)27-18-26(32(4)5)15-16-28(27)39-24(3)12-10-11-17-38-29(22)20-33(6)30(36)25-13-8-7-9-14-25/h15-16,18,22-25,29,35H,7-14,17,19-21H2,1-6H3/t22-,23-,24-,29+/m0/s1. The number of fused-ring (bicyclic) bond motifs is 1. The number of aliphatic hydroxyl groups is 1. The first-order valence-electron chi connectivity index (χ1n) is 14.9. The van der Waals surface area contributed by atoms with Crippen LogP contribution in [0.1, 0.15) is 82.5 Å². The Kier molecular flexibility index (Phi) is 11.9. The summed E-state index contributed by atoms with van der Waals surface area (Å²) in [6, 6.07) is 5.34. The number of amides is 2.